The molecule has 0 aliphatic heterocycles. The fourth-order valence-corrected chi connectivity index (χ4v) is 2.40. The first kappa shape index (κ1) is 11.4. The molecule has 0 fully saturated rings. The number of halogens is 1. The van der Waals surface area contributed by atoms with Crippen LogP contribution in [-0.2, 0) is 13.0 Å². The summed E-state index contributed by atoms with van der Waals surface area (Å²) in [7, 11) is 0. The van der Waals surface area contributed by atoms with Crippen molar-refractivity contribution in [3.63, 3.8) is 0 Å². The standard InChI is InChI=1S/C11H11ClN2OS/c1-2-9-3-4-11(16-9)10(15)7-14-6-8(12)5-13-14/h3-6H,2,7H2,1H3. The lowest BCUT2D eigenvalue weighted by Crippen LogP contribution is -2.09. The molecule has 2 heterocycles. The summed E-state index contributed by atoms with van der Waals surface area (Å²) in [5, 5.41) is 4.53. The average molecular weight is 255 g/mol. The van der Waals surface area contributed by atoms with Gasteiger partial charge in [-0.2, -0.15) is 5.10 Å². The number of thiophene rings is 1. The van der Waals surface area contributed by atoms with Crippen LogP contribution in [0.2, 0.25) is 5.02 Å². The summed E-state index contributed by atoms with van der Waals surface area (Å²) in [6.07, 6.45) is 4.14. The highest BCUT2D eigenvalue weighted by Crippen LogP contribution is 2.18. The van der Waals surface area contributed by atoms with Gasteiger partial charge in [-0.3, -0.25) is 9.48 Å². The third kappa shape index (κ3) is 2.51. The zero-order valence-electron chi connectivity index (χ0n) is 8.81. The van der Waals surface area contributed by atoms with Crippen molar-refractivity contribution >= 4 is 28.7 Å². The van der Waals surface area contributed by atoms with Gasteiger partial charge in [0.15, 0.2) is 5.78 Å². The number of Topliss-reactive ketones (excluding diaryl/α,β-unsaturated/α-hetero) is 1. The Kier molecular flexibility index (Phi) is 3.41. The minimum absolute atomic E-state index is 0.0736. The van der Waals surface area contributed by atoms with E-state index in [1.807, 2.05) is 12.1 Å². The molecule has 0 amide bonds. The van der Waals surface area contributed by atoms with Gasteiger partial charge in [0.25, 0.3) is 0 Å². The van der Waals surface area contributed by atoms with Crippen molar-refractivity contribution in [1.82, 2.24) is 9.78 Å². The molecule has 0 saturated heterocycles. The molecule has 0 unspecified atom stereocenters. The summed E-state index contributed by atoms with van der Waals surface area (Å²) in [5.41, 5.74) is 0. The zero-order chi connectivity index (χ0) is 11.5. The molecule has 2 rings (SSSR count). The molecule has 2 aromatic rings. The summed E-state index contributed by atoms with van der Waals surface area (Å²) in [6.45, 7) is 2.32. The molecular weight excluding hydrogens is 244 g/mol. The summed E-state index contributed by atoms with van der Waals surface area (Å²) < 4.78 is 1.55. The lowest BCUT2D eigenvalue weighted by atomic mass is 10.3. The maximum Gasteiger partial charge on any atom is 0.194 e. The lowest BCUT2D eigenvalue weighted by molar-refractivity contribution is 0.0971. The molecule has 0 bridgehead atoms. The maximum atomic E-state index is 11.9. The van der Waals surface area contributed by atoms with Crippen molar-refractivity contribution in [1.29, 1.82) is 0 Å². The smallest absolute Gasteiger partial charge is 0.194 e. The Labute approximate surface area is 103 Å². The van der Waals surface area contributed by atoms with Crippen LogP contribution in [0.25, 0.3) is 0 Å². The fraction of sp³-hybridized carbons (Fsp3) is 0.273. The quantitative estimate of drug-likeness (QED) is 0.786. The van der Waals surface area contributed by atoms with Crippen molar-refractivity contribution in [2.75, 3.05) is 0 Å². The van der Waals surface area contributed by atoms with Gasteiger partial charge in [0, 0.05) is 11.1 Å². The Morgan fingerprint density at radius 3 is 2.94 bits per heavy atom. The highest BCUT2D eigenvalue weighted by atomic mass is 35.5. The van der Waals surface area contributed by atoms with Crippen LogP contribution in [-0.4, -0.2) is 15.6 Å². The minimum atomic E-state index is 0.0736. The fourth-order valence-electron chi connectivity index (χ4n) is 1.37. The van der Waals surface area contributed by atoms with E-state index in [1.54, 1.807) is 22.2 Å². The van der Waals surface area contributed by atoms with Crippen LogP contribution in [0, 0.1) is 0 Å². The number of carbonyl (C=O) groups is 1. The summed E-state index contributed by atoms with van der Waals surface area (Å²) in [5.74, 6) is 0.0736. The van der Waals surface area contributed by atoms with Crippen molar-refractivity contribution in [3.05, 3.63) is 39.3 Å². The van der Waals surface area contributed by atoms with Gasteiger partial charge >= 0.3 is 0 Å². The highest BCUT2D eigenvalue weighted by molar-refractivity contribution is 7.14. The van der Waals surface area contributed by atoms with Gasteiger partial charge in [0.1, 0.15) is 6.54 Å². The molecule has 84 valence electrons. The Morgan fingerprint density at radius 1 is 1.56 bits per heavy atom. The number of hydrogen-bond acceptors (Lipinski definition) is 3. The SMILES string of the molecule is CCc1ccc(C(=O)Cn2cc(Cl)cn2)s1. The molecule has 0 saturated carbocycles. The van der Waals surface area contributed by atoms with Gasteiger partial charge in [-0.25, -0.2) is 0 Å². The van der Waals surface area contributed by atoms with Gasteiger partial charge in [0.05, 0.1) is 16.1 Å². The summed E-state index contributed by atoms with van der Waals surface area (Å²) in [6, 6.07) is 3.87. The molecule has 0 aromatic carbocycles. The zero-order valence-corrected chi connectivity index (χ0v) is 10.4. The lowest BCUT2D eigenvalue weighted by Gasteiger charge is -1.97. The van der Waals surface area contributed by atoms with Gasteiger partial charge in [0.2, 0.25) is 0 Å². The van der Waals surface area contributed by atoms with Gasteiger partial charge in [-0.1, -0.05) is 18.5 Å². The second-order valence-electron chi connectivity index (χ2n) is 3.40. The maximum absolute atomic E-state index is 11.9. The van der Waals surface area contributed by atoms with E-state index in [-0.39, 0.29) is 12.3 Å². The Hall–Kier alpha value is -1.13. The van der Waals surface area contributed by atoms with Gasteiger partial charge < -0.3 is 0 Å². The second kappa shape index (κ2) is 4.80. The van der Waals surface area contributed by atoms with Gasteiger partial charge in [-0.15, -0.1) is 11.3 Å². The third-order valence-corrected chi connectivity index (χ3v) is 3.66. The molecular formula is C11H11ClN2OS. The molecule has 0 aliphatic carbocycles. The van der Waals surface area contributed by atoms with E-state index < -0.39 is 0 Å². The highest BCUT2D eigenvalue weighted by Gasteiger charge is 2.10. The van der Waals surface area contributed by atoms with E-state index in [0.29, 0.717) is 5.02 Å². The first-order valence-electron chi connectivity index (χ1n) is 4.99. The number of aromatic nitrogens is 2. The Balaban J connectivity index is 2.08. The Morgan fingerprint density at radius 2 is 2.38 bits per heavy atom. The molecule has 0 N–H and O–H groups in total. The van der Waals surface area contributed by atoms with E-state index in [4.69, 9.17) is 11.6 Å². The number of rotatable bonds is 4. The monoisotopic (exact) mass is 254 g/mol. The molecule has 2 aromatic heterocycles. The first-order chi connectivity index (χ1) is 7.69. The van der Waals surface area contributed by atoms with E-state index in [2.05, 4.69) is 12.0 Å². The number of ketones is 1. The first-order valence-corrected chi connectivity index (χ1v) is 6.18. The summed E-state index contributed by atoms with van der Waals surface area (Å²) >= 11 is 7.27. The summed E-state index contributed by atoms with van der Waals surface area (Å²) in [4.78, 5) is 13.9. The average Bonchev–Trinajstić information content (AvgIpc) is 2.87. The van der Waals surface area contributed by atoms with Crippen LogP contribution in [0.15, 0.2) is 24.5 Å². The van der Waals surface area contributed by atoms with E-state index in [0.717, 1.165) is 11.3 Å². The van der Waals surface area contributed by atoms with Crippen LogP contribution < -0.4 is 0 Å². The minimum Gasteiger partial charge on any atom is -0.291 e. The largest absolute Gasteiger partial charge is 0.291 e. The second-order valence-corrected chi connectivity index (χ2v) is 5.00. The third-order valence-electron chi connectivity index (χ3n) is 2.19. The predicted octanol–water partition coefficient (Wildman–Crippen LogP) is 3.04. The Bertz CT molecular complexity index is 504. The normalized spacial score (nSPS) is 10.6. The number of hydrogen-bond donors (Lipinski definition) is 0. The molecule has 0 aliphatic rings. The molecule has 0 radical (unpaired) electrons. The molecule has 16 heavy (non-hydrogen) atoms. The molecule has 5 heteroatoms. The topological polar surface area (TPSA) is 34.9 Å². The predicted molar refractivity (Wildman–Crippen MR) is 65.3 cm³/mol. The van der Waals surface area contributed by atoms with Crippen molar-refractivity contribution in [2.24, 2.45) is 0 Å². The van der Waals surface area contributed by atoms with Crippen LogP contribution in [0.3, 0.4) is 0 Å². The number of aryl methyl sites for hydroxylation is 1. The van der Waals surface area contributed by atoms with Gasteiger partial charge in [-0.05, 0) is 18.6 Å². The van der Waals surface area contributed by atoms with E-state index >= 15 is 0 Å². The van der Waals surface area contributed by atoms with Crippen molar-refractivity contribution in [3.8, 4) is 0 Å². The van der Waals surface area contributed by atoms with Crippen LogP contribution in [0.5, 0.6) is 0 Å². The van der Waals surface area contributed by atoms with E-state index in [1.165, 1.54) is 11.1 Å². The van der Waals surface area contributed by atoms with Crippen LogP contribution >= 0.6 is 22.9 Å². The van der Waals surface area contributed by atoms with E-state index in [9.17, 15) is 4.79 Å². The molecule has 0 spiro atoms. The number of carbonyl (C=O) groups excluding carboxylic acids is 1. The number of nitrogens with zero attached hydrogens (tertiary/aromatic N) is 2. The van der Waals surface area contributed by atoms with Crippen molar-refractivity contribution < 1.29 is 4.79 Å². The molecule has 3 nitrogen and oxygen atoms in total. The van der Waals surface area contributed by atoms with Crippen LogP contribution in [0.4, 0.5) is 0 Å². The van der Waals surface area contributed by atoms with Crippen molar-refractivity contribution in [2.45, 2.75) is 19.9 Å². The van der Waals surface area contributed by atoms with Crippen LogP contribution in [0.1, 0.15) is 21.5 Å². The molecule has 0 atom stereocenters.